The van der Waals surface area contributed by atoms with E-state index in [2.05, 4.69) is 20.3 Å². The lowest BCUT2D eigenvalue weighted by Gasteiger charge is -2.25. The van der Waals surface area contributed by atoms with Gasteiger partial charge in [-0.1, -0.05) is 0 Å². The summed E-state index contributed by atoms with van der Waals surface area (Å²) in [6.07, 6.45) is 2.77. The number of ether oxygens (including phenoxy) is 1. The molecular formula is C21H19F2N5O4. The van der Waals surface area contributed by atoms with E-state index in [0.29, 0.717) is 22.3 Å². The van der Waals surface area contributed by atoms with E-state index in [4.69, 9.17) is 9.15 Å². The first-order chi connectivity index (χ1) is 15.3. The van der Waals surface area contributed by atoms with E-state index < -0.39 is 18.9 Å². The summed E-state index contributed by atoms with van der Waals surface area (Å²) in [6.45, 7) is 3.02. The molecule has 0 radical (unpaired) electrons. The fraction of sp³-hybridized carbons (Fsp3) is 0.286. The van der Waals surface area contributed by atoms with Crippen LogP contribution in [0.3, 0.4) is 0 Å². The number of aromatic nitrogens is 3. The lowest BCUT2D eigenvalue weighted by molar-refractivity contribution is 0.0713. The van der Waals surface area contributed by atoms with Gasteiger partial charge in [-0.25, -0.2) is 23.7 Å². The van der Waals surface area contributed by atoms with Crippen LogP contribution in [-0.2, 0) is 6.54 Å². The Morgan fingerprint density at radius 1 is 1.34 bits per heavy atom. The number of hydrogen-bond acceptors (Lipinski definition) is 7. The average molecular weight is 443 g/mol. The Kier molecular flexibility index (Phi) is 5.80. The Morgan fingerprint density at radius 3 is 2.84 bits per heavy atom. The molecule has 2 amide bonds. The topological polar surface area (TPSA) is 110 Å². The summed E-state index contributed by atoms with van der Waals surface area (Å²) in [5.74, 6) is -0.340. The molecular weight excluding hydrogens is 424 g/mol. The van der Waals surface area contributed by atoms with Crippen molar-refractivity contribution in [3.05, 3.63) is 65.1 Å². The maximum Gasteiger partial charge on any atom is 0.294 e. The smallest absolute Gasteiger partial charge is 0.294 e. The number of aryl methyl sites for hydroxylation is 1. The number of oxazole rings is 1. The number of rotatable bonds is 7. The van der Waals surface area contributed by atoms with Crippen molar-refractivity contribution in [2.24, 2.45) is 0 Å². The summed E-state index contributed by atoms with van der Waals surface area (Å²) in [4.78, 5) is 39.0. The molecule has 0 fully saturated rings. The maximum absolute atomic E-state index is 13.0. The van der Waals surface area contributed by atoms with E-state index in [9.17, 15) is 18.4 Å². The second-order valence-corrected chi connectivity index (χ2v) is 7.21. The van der Waals surface area contributed by atoms with Gasteiger partial charge in [-0.05, 0) is 31.5 Å². The fourth-order valence-corrected chi connectivity index (χ4v) is 3.45. The number of anilines is 1. The number of alkyl halides is 2. The molecule has 32 heavy (non-hydrogen) atoms. The predicted molar refractivity (Wildman–Crippen MR) is 107 cm³/mol. The monoisotopic (exact) mass is 443 g/mol. The quantitative estimate of drug-likeness (QED) is 0.596. The number of nitrogens with zero attached hydrogens (tertiary/aromatic N) is 4. The minimum Gasteiger partial charge on any atom is -0.471 e. The Hall–Kier alpha value is -3.89. The van der Waals surface area contributed by atoms with Crippen molar-refractivity contribution in [3.63, 3.8) is 0 Å². The highest BCUT2D eigenvalue weighted by molar-refractivity contribution is 6.05. The van der Waals surface area contributed by atoms with Crippen LogP contribution in [0.5, 0.6) is 5.88 Å². The Labute approximate surface area is 181 Å². The molecule has 4 rings (SSSR count). The average Bonchev–Trinajstić information content (AvgIpc) is 3.42. The molecule has 0 aromatic carbocycles. The van der Waals surface area contributed by atoms with E-state index in [1.807, 2.05) is 6.92 Å². The van der Waals surface area contributed by atoms with Crippen LogP contribution in [0.15, 0.2) is 41.5 Å². The van der Waals surface area contributed by atoms with Crippen LogP contribution in [0.1, 0.15) is 50.6 Å². The summed E-state index contributed by atoms with van der Waals surface area (Å²) in [6, 6.07) is 2.97. The number of halogens is 2. The van der Waals surface area contributed by atoms with Crippen LogP contribution in [0.4, 0.5) is 14.6 Å². The van der Waals surface area contributed by atoms with Crippen molar-refractivity contribution in [1.82, 2.24) is 19.9 Å². The molecule has 3 aromatic heterocycles. The summed E-state index contributed by atoms with van der Waals surface area (Å²) < 4.78 is 34.8. The third-order valence-corrected chi connectivity index (χ3v) is 5.11. The van der Waals surface area contributed by atoms with Crippen LogP contribution in [0.2, 0.25) is 0 Å². The van der Waals surface area contributed by atoms with E-state index in [1.165, 1.54) is 18.6 Å². The van der Waals surface area contributed by atoms with Crippen molar-refractivity contribution in [3.8, 4) is 5.88 Å². The van der Waals surface area contributed by atoms with Gasteiger partial charge in [0, 0.05) is 29.1 Å². The van der Waals surface area contributed by atoms with Crippen LogP contribution in [0.25, 0.3) is 0 Å². The predicted octanol–water partition coefficient (Wildman–Crippen LogP) is 3.39. The van der Waals surface area contributed by atoms with Gasteiger partial charge in [0.2, 0.25) is 11.6 Å². The van der Waals surface area contributed by atoms with E-state index in [1.54, 1.807) is 24.0 Å². The molecule has 0 bridgehead atoms. The van der Waals surface area contributed by atoms with Gasteiger partial charge >= 0.3 is 0 Å². The standard InChI is InChI=1S/C21H19F2N5O4/c1-11-5-13(6-26-20(11)31-9-17(22)23)12(2)28-8-15-14(21(28)30)3-4-25-18(15)27-19(29)16-7-24-10-32-16/h3-7,10,12,17H,8-9H2,1-2H3,(H,25,27,29). The number of fused-ring (bicyclic) bond motifs is 1. The molecule has 4 heterocycles. The zero-order valence-corrected chi connectivity index (χ0v) is 17.2. The second kappa shape index (κ2) is 8.69. The number of amides is 2. The highest BCUT2D eigenvalue weighted by atomic mass is 19.3. The first-order valence-electron chi connectivity index (χ1n) is 9.71. The van der Waals surface area contributed by atoms with Crippen LogP contribution in [0, 0.1) is 6.92 Å². The molecule has 1 unspecified atom stereocenters. The minimum absolute atomic E-state index is 0.0228. The number of carbonyl (C=O) groups excluding carboxylic acids is 2. The first kappa shape index (κ1) is 21.3. The molecule has 166 valence electrons. The van der Waals surface area contributed by atoms with Gasteiger partial charge < -0.3 is 19.4 Å². The molecule has 0 saturated heterocycles. The zero-order valence-electron chi connectivity index (χ0n) is 17.2. The number of hydrogen-bond donors (Lipinski definition) is 1. The van der Waals surface area contributed by atoms with Crippen molar-refractivity contribution in [2.75, 3.05) is 11.9 Å². The third kappa shape index (κ3) is 4.13. The van der Waals surface area contributed by atoms with Gasteiger partial charge in [0.05, 0.1) is 18.8 Å². The van der Waals surface area contributed by atoms with Gasteiger partial charge in [-0.3, -0.25) is 9.59 Å². The SMILES string of the molecule is Cc1cc(C(C)N2Cc3c(ccnc3NC(=O)c3cnco3)C2=O)cnc1OCC(F)F. The van der Waals surface area contributed by atoms with E-state index >= 15 is 0 Å². The minimum atomic E-state index is -2.59. The van der Waals surface area contributed by atoms with E-state index in [-0.39, 0.29) is 36.0 Å². The second-order valence-electron chi connectivity index (χ2n) is 7.21. The number of carbonyl (C=O) groups is 2. The van der Waals surface area contributed by atoms with E-state index in [0.717, 1.165) is 6.39 Å². The summed E-state index contributed by atoms with van der Waals surface area (Å²) >= 11 is 0. The Bertz CT molecular complexity index is 1150. The molecule has 0 saturated carbocycles. The van der Waals surface area contributed by atoms with Gasteiger partial charge in [-0.2, -0.15) is 0 Å². The van der Waals surface area contributed by atoms with Crippen molar-refractivity contribution in [1.29, 1.82) is 0 Å². The normalized spacial score (nSPS) is 13.9. The lowest BCUT2D eigenvalue weighted by Crippen LogP contribution is -2.27. The summed E-state index contributed by atoms with van der Waals surface area (Å²) in [5, 5.41) is 2.65. The molecule has 9 nitrogen and oxygen atoms in total. The molecule has 0 aliphatic carbocycles. The lowest BCUT2D eigenvalue weighted by atomic mass is 10.1. The van der Waals surface area contributed by atoms with Crippen molar-refractivity contribution < 1.29 is 27.5 Å². The largest absolute Gasteiger partial charge is 0.471 e. The molecule has 11 heteroatoms. The molecule has 0 spiro atoms. The number of pyridine rings is 2. The maximum atomic E-state index is 13.0. The Balaban J connectivity index is 1.53. The summed E-state index contributed by atoms with van der Waals surface area (Å²) in [5.41, 5.74) is 2.31. The van der Waals surface area contributed by atoms with Crippen LogP contribution < -0.4 is 10.1 Å². The highest BCUT2D eigenvalue weighted by Gasteiger charge is 2.34. The van der Waals surface area contributed by atoms with Gasteiger partial charge in [0.15, 0.2) is 13.0 Å². The van der Waals surface area contributed by atoms with Crippen molar-refractivity contribution in [2.45, 2.75) is 32.9 Å². The third-order valence-electron chi connectivity index (χ3n) is 5.11. The summed E-state index contributed by atoms with van der Waals surface area (Å²) in [7, 11) is 0. The van der Waals surface area contributed by atoms with Gasteiger partial charge in [0.1, 0.15) is 5.82 Å². The van der Waals surface area contributed by atoms with Crippen LogP contribution in [-0.4, -0.2) is 44.7 Å². The molecule has 1 aliphatic heterocycles. The number of nitrogens with one attached hydrogen (secondary N) is 1. The van der Waals surface area contributed by atoms with Gasteiger partial charge in [0.25, 0.3) is 18.2 Å². The zero-order chi connectivity index (χ0) is 22.8. The van der Waals surface area contributed by atoms with Crippen molar-refractivity contribution >= 4 is 17.6 Å². The molecule has 1 atom stereocenters. The fourth-order valence-electron chi connectivity index (χ4n) is 3.45. The molecule has 1 N–H and O–H groups in total. The Morgan fingerprint density at radius 2 is 2.16 bits per heavy atom. The highest BCUT2D eigenvalue weighted by Crippen LogP contribution is 2.34. The first-order valence-corrected chi connectivity index (χ1v) is 9.71. The molecule has 1 aliphatic rings. The van der Waals surface area contributed by atoms with Gasteiger partial charge in [-0.15, -0.1) is 0 Å². The van der Waals surface area contributed by atoms with Crippen LogP contribution >= 0.6 is 0 Å². The molecule has 3 aromatic rings.